The van der Waals surface area contributed by atoms with Crippen LogP contribution in [-0.4, -0.2) is 4.43 Å². The molecule has 0 aliphatic heterocycles. The molecule has 0 nitrogen and oxygen atoms in total. The molecule has 0 amide bonds. The molecule has 0 saturated heterocycles. The van der Waals surface area contributed by atoms with E-state index < -0.39 is 6.08 Å². The van der Waals surface area contributed by atoms with Gasteiger partial charge in [0.25, 0.3) is 6.08 Å². The van der Waals surface area contributed by atoms with E-state index in [0.717, 1.165) is 0 Å². The number of allylic oxidation sites excluding steroid dienone is 1. The minimum absolute atomic E-state index is 0.268. The first-order valence-electron chi connectivity index (χ1n) is 1.94. The van der Waals surface area contributed by atoms with E-state index in [-0.39, 0.29) is 11.5 Å². The first kappa shape index (κ1) is 8.62. The van der Waals surface area contributed by atoms with Gasteiger partial charge in [-0.25, -0.2) is 0 Å². The molecule has 0 spiro atoms. The summed E-state index contributed by atoms with van der Waals surface area (Å²) in [4.78, 5) is 0. The van der Waals surface area contributed by atoms with Gasteiger partial charge in [0.2, 0.25) is 0 Å². The van der Waals surface area contributed by atoms with Gasteiger partial charge in [-0.3, -0.25) is 0 Å². The van der Waals surface area contributed by atoms with E-state index in [9.17, 15) is 8.78 Å². The lowest BCUT2D eigenvalue weighted by Gasteiger charge is -1.87. The second kappa shape index (κ2) is 4.49. The van der Waals surface area contributed by atoms with Gasteiger partial charge in [0, 0.05) is 4.43 Å². The minimum atomic E-state index is -1.76. The molecule has 0 bridgehead atoms. The van der Waals surface area contributed by atoms with Gasteiger partial charge < -0.3 is 0 Å². The summed E-state index contributed by atoms with van der Waals surface area (Å²) in [6.07, 6.45) is -1.49. The van der Waals surface area contributed by atoms with E-state index in [1.165, 1.54) is 0 Å². The monoisotopic (exact) mass is 252 g/mol. The molecule has 0 saturated carbocycles. The molecule has 0 aromatic rings. The van der Waals surface area contributed by atoms with Crippen molar-refractivity contribution in [1.29, 1.82) is 0 Å². The minimum Gasteiger partial charge on any atom is -0.172 e. The Labute approximate surface area is 65.0 Å². The fourth-order valence-electron chi connectivity index (χ4n) is 0.177. The van der Waals surface area contributed by atoms with E-state index in [0.29, 0.717) is 4.43 Å². The first-order chi connectivity index (χ1) is 3.68. The zero-order valence-electron chi connectivity index (χ0n) is 3.93. The lowest BCUT2D eigenvalue weighted by atomic mass is 10.5. The Kier molecular flexibility index (Phi) is 4.84. The maximum atomic E-state index is 11.4. The maximum Gasteiger partial charge on any atom is 0.284 e. The average Bonchev–Trinajstić information content (AvgIpc) is 1.67. The highest BCUT2D eigenvalue weighted by Gasteiger charge is 1.98. The predicted octanol–water partition coefficient (Wildman–Crippen LogP) is 3.16. The molecule has 0 N–H and O–H groups in total. The van der Waals surface area contributed by atoms with Gasteiger partial charge in [0.1, 0.15) is 0 Å². The number of rotatable bonds is 2. The van der Waals surface area contributed by atoms with Gasteiger partial charge >= 0.3 is 0 Å². The molecule has 0 aliphatic rings. The quantitative estimate of drug-likeness (QED) is 0.523. The van der Waals surface area contributed by atoms with Crippen LogP contribution in [0.15, 0.2) is 11.1 Å². The molecule has 8 heavy (non-hydrogen) atoms. The molecule has 0 unspecified atom stereocenters. The molecule has 0 rings (SSSR count). The number of hydrogen-bond acceptors (Lipinski definition) is 0. The summed E-state index contributed by atoms with van der Waals surface area (Å²) in [7, 11) is 0. The Balaban J connectivity index is 3.62. The van der Waals surface area contributed by atoms with Crippen LogP contribution >= 0.6 is 34.2 Å². The zero-order chi connectivity index (χ0) is 6.57. The van der Waals surface area contributed by atoms with Gasteiger partial charge in [-0.1, -0.05) is 34.2 Å². The third kappa shape index (κ3) is 3.60. The summed E-state index contributed by atoms with van der Waals surface area (Å²) in [5.74, 6) is 0. The maximum absolute atomic E-state index is 11.4. The van der Waals surface area contributed by atoms with Crippen LogP contribution in [0.4, 0.5) is 8.78 Å². The van der Waals surface area contributed by atoms with Gasteiger partial charge in [0.05, 0.1) is 5.03 Å². The van der Waals surface area contributed by atoms with Crippen LogP contribution in [0.5, 0.6) is 0 Å². The molecule has 0 fully saturated rings. The van der Waals surface area contributed by atoms with Crippen molar-refractivity contribution in [3.63, 3.8) is 0 Å². The van der Waals surface area contributed by atoms with E-state index in [1.54, 1.807) is 0 Å². The molecule has 0 radical (unpaired) electrons. The molecule has 4 heteroatoms. The van der Waals surface area contributed by atoms with Crippen LogP contribution in [0.1, 0.15) is 6.42 Å². The zero-order valence-corrected chi connectivity index (χ0v) is 6.84. The molecule has 0 aliphatic carbocycles. The van der Waals surface area contributed by atoms with Gasteiger partial charge in [-0.2, -0.15) is 8.78 Å². The van der Waals surface area contributed by atoms with E-state index >= 15 is 0 Å². The van der Waals surface area contributed by atoms with Gasteiger partial charge in [-0.05, 0) is 6.42 Å². The standard InChI is InChI=1S/C4H4ClF2I/c5-3(1-2-8)4(6)7/h1-2H2. The summed E-state index contributed by atoms with van der Waals surface area (Å²) < 4.78 is 23.4. The van der Waals surface area contributed by atoms with Gasteiger partial charge in [0.15, 0.2) is 0 Å². The van der Waals surface area contributed by atoms with Crippen molar-refractivity contribution in [3.8, 4) is 0 Å². The van der Waals surface area contributed by atoms with Gasteiger partial charge in [-0.15, -0.1) is 0 Å². The average molecular weight is 252 g/mol. The summed E-state index contributed by atoms with van der Waals surface area (Å²) in [6.45, 7) is 0. The highest BCUT2D eigenvalue weighted by Crippen LogP contribution is 2.16. The Morgan fingerprint density at radius 3 is 2.12 bits per heavy atom. The predicted molar refractivity (Wildman–Crippen MR) is 38.6 cm³/mol. The van der Waals surface area contributed by atoms with E-state index in [2.05, 4.69) is 0 Å². The van der Waals surface area contributed by atoms with E-state index in [1.807, 2.05) is 22.6 Å². The Hall–Kier alpha value is 0.620. The van der Waals surface area contributed by atoms with Crippen LogP contribution in [0.2, 0.25) is 0 Å². The Morgan fingerprint density at radius 1 is 1.50 bits per heavy atom. The van der Waals surface area contributed by atoms with Crippen LogP contribution in [0, 0.1) is 0 Å². The highest BCUT2D eigenvalue weighted by atomic mass is 127. The third-order valence-corrected chi connectivity index (χ3v) is 1.39. The van der Waals surface area contributed by atoms with Crippen LogP contribution in [-0.2, 0) is 0 Å². The molecule has 0 aromatic carbocycles. The normalized spacial score (nSPS) is 9.00. The summed E-state index contributed by atoms with van der Waals surface area (Å²) in [6, 6.07) is 0. The highest BCUT2D eigenvalue weighted by molar-refractivity contribution is 14.1. The second-order valence-electron chi connectivity index (χ2n) is 1.10. The lowest BCUT2D eigenvalue weighted by molar-refractivity contribution is 0.415. The number of halogens is 4. The molecule has 0 heterocycles. The van der Waals surface area contributed by atoms with Crippen LogP contribution in [0.25, 0.3) is 0 Å². The van der Waals surface area contributed by atoms with Crippen LogP contribution < -0.4 is 0 Å². The summed E-state index contributed by atoms with van der Waals surface area (Å²) in [5.41, 5.74) is 0. The summed E-state index contributed by atoms with van der Waals surface area (Å²) in [5, 5.41) is -0.320. The fourth-order valence-corrected chi connectivity index (χ4v) is 1.13. The third-order valence-electron chi connectivity index (χ3n) is 0.519. The van der Waals surface area contributed by atoms with E-state index in [4.69, 9.17) is 11.6 Å². The molecule has 0 aromatic heterocycles. The molecular weight excluding hydrogens is 248 g/mol. The Morgan fingerprint density at radius 2 is 2.00 bits per heavy atom. The molecular formula is C4H4ClF2I. The number of hydrogen-bond donors (Lipinski definition) is 0. The second-order valence-corrected chi connectivity index (χ2v) is 2.64. The lowest BCUT2D eigenvalue weighted by Crippen LogP contribution is -1.74. The molecule has 0 atom stereocenters. The Bertz CT molecular complexity index is 98.2. The summed E-state index contributed by atoms with van der Waals surface area (Å²) >= 11 is 7.02. The van der Waals surface area contributed by atoms with Crippen molar-refractivity contribution in [2.45, 2.75) is 6.42 Å². The largest absolute Gasteiger partial charge is 0.284 e. The van der Waals surface area contributed by atoms with Crippen molar-refractivity contribution in [1.82, 2.24) is 0 Å². The topological polar surface area (TPSA) is 0 Å². The van der Waals surface area contributed by atoms with Crippen LogP contribution in [0.3, 0.4) is 0 Å². The van der Waals surface area contributed by atoms with Crippen molar-refractivity contribution < 1.29 is 8.78 Å². The van der Waals surface area contributed by atoms with Crippen molar-refractivity contribution in [2.24, 2.45) is 0 Å². The number of alkyl halides is 1. The van der Waals surface area contributed by atoms with Crippen molar-refractivity contribution >= 4 is 34.2 Å². The van der Waals surface area contributed by atoms with Crippen molar-refractivity contribution in [2.75, 3.05) is 4.43 Å². The fraction of sp³-hybridized carbons (Fsp3) is 0.500. The smallest absolute Gasteiger partial charge is 0.172 e. The van der Waals surface area contributed by atoms with Crippen molar-refractivity contribution in [3.05, 3.63) is 11.1 Å². The SMILES string of the molecule is FC(F)=C(Cl)CCI. The molecule has 48 valence electrons. The first-order valence-corrected chi connectivity index (χ1v) is 3.84.